The van der Waals surface area contributed by atoms with Crippen LogP contribution in [-0.2, 0) is 16.0 Å². The van der Waals surface area contributed by atoms with Gasteiger partial charge in [0, 0.05) is 17.0 Å². The zero-order valence-corrected chi connectivity index (χ0v) is 21.1. The number of carbonyl (C=O) groups excluding carboxylic acids is 3. The van der Waals surface area contributed by atoms with Crippen LogP contribution >= 0.6 is 0 Å². The summed E-state index contributed by atoms with van der Waals surface area (Å²) in [5.41, 5.74) is 10.7. The number of unbranched alkanes of at least 4 members (excludes halogenated alkanes) is 6. The number of imide groups is 1. The number of carbonyl (C=O) groups is 3. The molecule has 2 atom stereocenters. The van der Waals surface area contributed by atoms with Crippen molar-refractivity contribution in [3.05, 3.63) is 82.2 Å². The SMILES string of the molecule is [N-]=[N+]=NC(CCCCCCCCCNC(=O)c1ccccc1)C(=O)N1C(=O)OCC1Cc1ccccc1. The second-order valence-corrected chi connectivity index (χ2v) is 9.23. The first kappa shape index (κ1) is 27.7. The summed E-state index contributed by atoms with van der Waals surface area (Å²) >= 11 is 0. The average Bonchev–Trinajstić information content (AvgIpc) is 3.29. The molecule has 0 aliphatic carbocycles. The molecule has 2 unspecified atom stereocenters. The fourth-order valence-electron chi connectivity index (χ4n) is 4.46. The first-order chi connectivity index (χ1) is 18.1. The monoisotopic (exact) mass is 505 g/mol. The van der Waals surface area contributed by atoms with Crippen LogP contribution in [0.2, 0.25) is 0 Å². The van der Waals surface area contributed by atoms with E-state index in [1.165, 1.54) is 0 Å². The Morgan fingerprint density at radius 1 is 0.973 bits per heavy atom. The first-order valence-electron chi connectivity index (χ1n) is 13.0. The van der Waals surface area contributed by atoms with Gasteiger partial charge in [0.1, 0.15) is 12.6 Å². The van der Waals surface area contributed by atoms with Crippen LogP contribution in [-0.4, -0.2) is 48.0 Å². The van der Waals surface area contributed by atoms with Gasteiger partial charge in [-0.1, -0.05) is 92.2 Å². The van der Waals surface area contributed by atoms with Crippen LogP contribution in [0.4, 0.5) is 4.79 Å². The van der Waals surface area contributed by atoms with E-state index in [-0.39, 0.29) is 12.5 Å². The Kier molecular flexibility index (Phi) is 11.5. The van der Waals surface area contributed by atoms with Gasteiger partial charge < -0.3 is 10.1 Å². The molecule has 196 valence electrons. The van der Waals surface area contributed by atoms with Crippen LogP contribution in [0.1, 0.15) is 67.3 Å². The highest BCUT2D eigenvalue weighted by Gasteiger charge is 2.40. The molecule has 1 aliphatic rings. The number of nitrogens with one attached hydrogen (secondary N) is 1. The Morgan fingerprint density at radius 3 is 2.27 bits per heavy atom. The lowest BCUT2D eigenvalue weighted by Gasteiger charge is -2.22. The minimum absolute atomic E-state index is 0.0432. The Balaban J connectivity index is 1.32. The summed E-state index contributed by atoms with van der Waals surface area (Å²) < 4.78 is 5.14. The van der Waals surface area contributed by atoms with Crippen LogP contribution in [0.5, 0.6) is 0 Å². The average molecular weight is 506 g/mol. The largest absolute Gasteiger partial charge is 0.447 e. The van der Waals surface area contributed by atoms with Crippen molar-refractivity contribution in [3.63, 3.8) is 0 Å². The Morgan fingerprint density at radius 2 is 1.59 bits per heavy atom. The summed E-state index contributed by atoms with van der Waals surface area (Å²) in [7, 11) is 0. The molecule has 1 aliphatic heterocycles. The van der Waals surface area contributed by atoms with Gasteiger partial charge in [0.15, 0.2) is 0 Å². The number of ether oxygens (including phenoxy) is 1. The minimum atomic E-state index is -0.915. The number of nitrogens with zero attached hydrogens (tertiary/aromatic N) is 4. The summed E-state index contributed by atoms with van der Waals surface area (Å²) in [6.07, 6.45) is 6.97. The van der Waals surface area contributed by atoms with Gasteiger partial charge in [-0.15, -0.1) is 0 Å². The van der Waals surface area contributed by atoms with Crippen LogP contribution in [0.25, 0.3) is 10.4 Å². The Labute approximate surface area is 217 Å². The lowest BCUT2D eigenvalue weighted by molar-refractivity contribution is -0.130. The van der Waals surface area contributed by atoms with Crippen molar-refractivity contribution >= 4 is 17.9 Å². The van der Waals surface area contributed by atoms with Crippen molar-refractivity contribution < 1.29 is 19.1 Å². The summed E-state index contributed by atoms with van der Waals surface area (Å²) in [5, 5.41) is 6.64. The third-order valence-corrected chi connectivity index (χ3v) is 6.46. The number of amides is 3. The molecule has 2 aromatic rings. The maximum atomic E-state index is 13.1. The molecule has 0 spiro atoms. The van der Waals surface area contributed by atoms with Crippen molar-refractivity contribution in [2.75, 3.05) is 13.2 Å². The number of hydrogen-bond acceptors (Lipinski definition) is 5. The number of cyclic esters (lactones) is 1. The highest BCUT2D eigenvalue weighted by Crippen LogP contribution is 2.21. The standard InChI is InChI=1S/C28H35N5O4/c29-32-31-25(27(35)33-24(21-37-28(33)36)20-22-14-8-6-9-15-22)18-12-4-2-1-3-5-13-19-30-26(34)23-16-10-7-11-17-23/h6-11,14-17,24-25H,1-5,12-13,18-21H2,(H,30,34). The summed E-state index contributed by atoms with van der Waals surface area (Å²) in [4.78, 5) is 41.3. The van der Waals surface area contributed by atoms with Crippen LogP contribution < -0.4 is 5.32 Å². The second kappa shape index (κ2) is 15.3. The van der Waals surface area contributed by atoms with E-state index < -0.39 is 24.1 Å². The zero-order chi connectivity index (χ0) is 26.3. The van der Waals surface area contributed by atoms with Gasteiger partial charge in [-0.2, -0.15) is 0 Å². The quantitative estimate of drug-likeness (QED) is 0.142. The predicted octanol–water partition coefficient (Wildman–Crippen LogP) is 5.81. The second-order valence-electron chi connectivity index (χ2n) is 9.23. The van der Waals surface area contributed by atoms with Gasteiger partial charge in [0.25, 0.3) is 5.91 Å². The number of hydrogen-bond donors (Lipinski definition) is 1. The molecule has 37 heavy (non-hydrogen) atoms. The molecule has 1 fully saturated rings. The number of benzene rings is 2. The molecule has 1 heterocycles. The highest BCUT2D eigenvalue weighted by atomic mass is 16.6. The smallest absolute Gasteiger partial charge is 0.416 e. The highest BCUT2D eigenvalue weighted by molar-refractivity contribution is 5.96. The minimum Gasteiger partial charge on any atom is -0.447 e. The van der Waals surface area contributed by atoms with E-state index in [1.807, 2.05) is 48.5 Å². The van der Waals surface area contributed by atoms with Crippen LogP contribution in [0.3, 0.4) is 0 Å². The maximum Gasteiger partial charge on any atom is 0.416 e. The molecule has 0 aromatic heterocycles. The molecular weight excluding hydrogens is 470 g/mol. The number of azide groups is 1. The lowest BCUT2D eigenvalue weighted by Crippen LogP contribution is -2.45. The number of rotatable bonds is 15. The maximum absolute atomic E-state index is 13.1. The van der Waals surface area contributed by atoms with Crippen molar-refractivity contribution in [2.24, 2.45) is 5.11 Å². The molecular formula is C28H35N5O4. The van der Waals surface area contributed by atoms with Crippen molar-refractivity contribution in [1.82, 2.24) is 10.2 Å². The van der Waals surface area contributed by atoms with Crippen molar-refractivity contribution in [2.45, 2.75) is 69.9 Å². The molecule has 0 saturated carbocycles. The van der Waals surface area contributed by atoms with Crippen molar-refractivity contribution in [1.29, 1.82) is 0 Å². The van der Waals surface area contributed by atoms with Gasteiger partial charge in [-0.05, 0) is 42.5 Å². The summed E-state index contributed by atoms with van der Waals surface area (Å²) in [5.74, 6) is -0.530. The third-order valence-electron chi connectivity index (χ3n) is 6.46. The molecule has 1 saturated heterocycles. The normalized spacial score (nSPS) is 15.5. The van der Waals surface area contributed by atoms with Gasteiger partial charge in [0.05, 0.1) is 6.04 Å². The fraction of sp³-hybridized carbons (Fsp3) is 0.464. The van der Waals surface area contributed by atoms with Crippen LogP contribution in [0.15, 0.2) is 65.8 Å². The molecule has 9 heteroatoms. The molecule has 3 amide bonds. The van der Waals surface area contributed by atoms with E-state index in [1.54, 1.807) is 12.1 Å². The van der Waals surface area contributed by atoms with Gasteiger partial charge in [0.2, 0.25) is 5.91 Å². The molecule has 0 radical (unpaired) electrons. The third kappa shape index (κ3) is 8.95. The van der Waals surface area contributed by atoms with Gasteiger partial charge >= 0.3 is 6.09 Å². The Hall–Kier alpha value is -3.84. The van der Waals surface area contributed by atoms with Gasteiger partial charge in [-0.3, -0.25) is 9.59 Å². The molecule has 9 nitrogen and oxygen atoms in total. The van der Waals surface area contributed by atoms with Gasteiger partial charge in [-0.25, -0.2) is 9.69 Å². The van der Waals surface area contributed by atoms with Crippen molar-refractivity contribution in [3.8, 4) is 0 Å². The molecule has 3 rings (SSSR count). The topological polar surface area (TPSA) is 124 Å². The summed E-state index contributed by atoms with van der Waals surface area (Å²) in [6.45, 7) is 0.798. The Bertz CT molecular complexity index is 1060. The molecule has 1 N–H and O–H groups in total. The summed E-state index contributed by atoms with van der Waals surface area (Å²) in [6, 6.07) is 17.5. The van der Waals surface area contributed by atoms with E-state index in [4.69, 9.17) is 10.3 Å². The van der Waals surface area contributed by atoms with E-state index in [9.17, 15) is 14.4 Å². The van der Waals surface area contributed by atoms with E-state index in [0.717, 1.165) is 55.4 Å². The van der Waals surface area contributed by atoms with E-state index >= 15 is 0 Å². The lowest BCUT2D eigenvalue weighted by atomic mass is 10.0. The zero-order valence-electron chi connectivity index (χ0n) is 21.1. The molecule has 2 aromatic carbocycles. The van der Waals surface area contributed by atoms with E-state index in [2.05, 4.69) is 15.3 Å². The van der Waals surface area contributed by atoms with E-state index in [0.29, 0.717) is 24.9 Å². The predicted molar refractivity (Wildman–Crippen MR) is 141 cm³/mol. The first-order valence-corrected chi connectivity index (χ1v) is 13.0. The molecule has 0 bridgehead atoms. The van der Waals surface area contributed by atoms with Crippen LogP contribution in [0, 0.1) is 0 Å². The fourth-order valence-corrected chi connectivity index (χ4v) is 4.46.